The third kappa shape index (κ3) is 8.34. The molecule has 1 saturated heterocycles. The van der Waals surface area contributed by atoms with Gasteiger partial charge in [-0.25, -0.2) is 24.3 Å². The van der Waals surface area contributed by atoms with Gasteiger partial charge in [0.1, 0.15) is 6.10 Å². The summed E-state index contributed by atoms with van der Waals surface area (Å²) < 4.78 is 10.5. The van der Waals surface area contributed by atoms with Crippen molar-refractivity contribution in [2.24, 2.45) is 0 Å². The first kappa shape index (κ1) is 17.2. The third-order valence-corrected chi connectivity index (χ3v) is 3.00. The van der Waals surface area contributed by atoms with Crippen molar-refractivity contribution in [2.45, 2.75) is 25.4 Å². The first-order chi connectivity index (χ1) is 9.45. The molecule has 2 nitrogen and oxygen atoms in total. The van der Waals surface area contributed by atoms with Gasteiger partial charge in [-0.15, -0.1) is 0 Å². The fraction of sp³-hybridized carbons (Fsp3) is 0.412. The van der Waals surface area contributed by atoms with Crippen LogP contribution in [0.1, 0.15) is 18.4 Å². The van der Waals surface area contributed by atoms with Crippen LogP contribution in [0.2, 0.25) is 0 Å². The van der Waals surface area contributed by atoms with E-state index < -0.39 is 0 Å². The first-order valence-electron chi connectivity index (χ1n) is 7.02. The minimum absolute atomic E-state index is 0. The number of hydrogen-bond acceptors (Lipinski definition) is 2. The smallest absolute Gasteiger partial charge is 0.379 e. The molecule has 20 heavy (non-hydrogen) atoms. The van der Waals surface area contributed by atoms with Gasteiger partial charge in [0, 0.05) is 6.61 Å². The van der Waals surface area contributed by atoms with Gasteiger partial charge in [0.05, 0.1) is 13.2 Å². The van der Waals surface area contributed by atoms with Crippen LogP contribution in [0.5, 0.6) is 0 Å². The first-order valence-corrected chi connectivity index (χ1v) is 7.02. The monoisotopic (exact) mass is 314 g/mol. The second-order valence-electron chi connectivity index (χ2n) is 4.74. The van der Waals surface area contributed by atoms with E-state index in [4.69, 9.17) is 9.47 Å². The van der Waals surface area contributed by atoms with Crippen molar-refractivity contribution in [3.8, 4) is 0 Å². The molecule has 1 unspecified atom stereocenters. The fourth-order valence-corrected chi connectivity index (χ4v) is 1.81. The maximum atomic E-state index is 5.45. The molecular weight excluding hydrogens is 292 g/mol. The summed E-state index contributed by atoms with van der Waals surface area (Å²) >= 11 is 0. The quantitative estimate of drug-likeness (QED) is 0.337. The van der Waals surface area contributed by atoms with Crippen LogP contribution in [0, 0.1) is 0 Å². The molecule has 0 aliphatic carbocycles. The maximum Gasteiger partial charge on any atom is 2.00 e. The number of rotatable bonds is 7. The molecule has 3 rings (SSSR count). The summed E-state index contributed by atoms with van der Waals surface area (Å²) in [4.78, 5) is 0. The van der Waals surface area contributed by atoms with Crippen LogP contribution in [-0.4, -0.2) is 25.9 Å². The summed E-state index contributed by atoms with van der Waals surface area (Å²) in [6.45, 7) is 2.56. The van der Waals surface area contributed by atoms with E-state index in [1.165, 1.54) is 18.4 Å². The summed E-state index contributed by atoms with van der Waals surface area (Å²) in [5.41, 5.74) is 1.44. The number of epoxide rings is 1. The van der Waals surface area contributed by atoms with E-state index in [-0.39, 0.29) is 17.1 Å². The van der Waals surface area contributed by atoms with Crippen LogP contribution < -0.4 is 0 Å². The molecule has 1 aliphatic rings. The molecular formula is C17H22FeO2. The van der Waals surface area contributed by atoms with Gasteiger partial charge in [-0.05, 0) is 6.42 Å². The summed E-state index contributed by atoms with van der Waals surface area (Å²) in [5, 5.41) is 0. The third-order valence-electron chi connectivity index (χ3n) is 3.00. The van der Waals surface area contributed by atoms with E-state index in [1.807, 2.05) is 30.3 Å². The molecule has 110 valence electrons. The Kier molecular flexibility index (Phi) is 9.34. The molecule has 1 heterocycles. The van der Waals surface area contributed by atoms with Crippen LogP contribution >= 0.6 is 0 Å². The Morgan fingerprint density at radius 3 is 2.35 bits per heavy atom. The minimum atomic E-state index is 0. The molecule has 2 aromatic carbocycles. The van der Waals surface area contributed by atoms with Crippen molar-refractivity contribution in [1.29, 1.82) is 0 Å². The van der Waals surface area contributed by atoms with Crippen LogP contribution in [0.15, 0.2) is 54.6 Å². The van der Waals surface area contributed by atoms with E-state index in [2.05, 4.69) is 24.3 Å². The summed E-state index contributed by atoms with van der Waals surface area (Å²) in [6.07, 6.45) is 3.95. The van der Waals surface area contributed by atoms with Crippen LogP contribution in [0.4, 0.5) is 0 Å². The Morgan fingerprint density at radius 1 is 1.10 bits per heavy atom. The van der Waals surface area contributed by atoms with Gasteiger partial charge in [-0.2, -0.15) is 35.9 Å². The molecule has 0 saturated carbocycles. The second kappa shape index (κ2) is 10.9. The molecule has 0 bridgehead atoms. The molecule has 0 N–H and O–H groups in total. The van der Waals surface area contributed by atoms with Gasteiger partial charge in [0.15, 0.2) is 0 Å². The van der Waals surface area contributed by atoms with Crippen LogP contribution in [-0.2, 0) is 33.0 Å². The number of hydrogen-bond donors (Lipinski definition) is 0. The van der Waals surface area contributed by atoms with Crippen molar-refractivity contribution in [3.63, 3.8) is 0 Å². The Bertz CT molecular complexity index is 373. The normalized spacial score (nSPS) is 15.9. The molecule has 2 aromatic rings. The van der Waals surface area contributed by atoms with Gasteiger partial charge >= 0.3 is 17.1 Å². The van der Waals surface area contributed by atoms with Crippen LogP contribution in [0.25, 0.3) is 0 Å². The Labute approximate surface area is 132 Å². The van der Waals surface area contributed by atoms with Crippen molar-refractivity contribution in [2.75, 3.05) is 19.8 Å². The summed E-state index contributed by atoms with van der Waals surface area (Å²) in [6, 6.07) is 18.5. The van der Waals surface area contributed by atoms with Crippen molar-refractivity contribution < 1.29 is 26.5 Å². The molecule has 0 spiro atoms. The molecule has 1 fully saturated rings. The largest absolute Gasteiger partial charge is 2.00 e. The van der Waals surface area contributed by atoms with E-state index in [0.717, 1.165) is 26.2 Å². The van der Waals surface area contributed by atoms with Gasteiger partial charge in [-0.3, -0.25) is 0 Å². The molecule has 1 aliphatic heterocycles. The average Bonchev–Trinajstić information content (AvgIpc) is 2.91. The number of unbranched alkanes of at least 4 members (excludes halogenated alkanes) is 1. The predicted molar refractivity (Wildman–Crippen MR) is 77.6 cm³/mol. The van der Waals surface area contributed by atoms with Crippen molar-refractivity contribution >= 4 is 0 Å². The van der Waals surface area contributed by atoms with E-state index in [1.54, 1.807) is 0 Å². The van der Waals surface area contributed by atoms with E-state index >= 15 is 0 Å². The maximum absolute atomic E-state index is 5.45. The zero-order valence-electron chi connectivity index (χ0n) is 11.7. The van der Waals surface area contributed by atoms with Gasteiger partial charge < -0.3 is 9.47 Å². The average molecular weight is 314 g/mol. The zero-order chi connectivity index (χ0) is 13.2. The van der Waals surface area contributed by atoms with Gasteiger partial charge in [0.25, 0.3) is 0 Å². The number of aryl methyl sites for hydroxylation is 1. The van der Waals surface area contributed by atoms with Crippen molar-refractivity contribution in [1.82, 2.24) is 0 Å². The number of ether oxygens (including phenoxy) is 2. The van der Waals surface area contributed by atoms with E-state index in [0.29, 0.717) is 6.10 Å². The van der Waals surface area contributed by atoms with E-state index in [9.17, 15) is 0 Å². The SMILES string of the molecule is [Fe+2].c1cc[c-](CCCCOCC2CO2)c1.c1cc[cH-]c1. The molecule has 0 radical (unpaired) electrons. The zero-order valence-corrected chi connectivity index (χ0v) is 12.8. The summed E-state index contributed by atoms with van der Waals surface area (Å²) in [7, 11) is 0. The molecule has 0 aromatic heterocycles. The Hall–Kier alpha value is -0.861. The van der Waals surface area contributed by atoms with Crippen molar-refractivity contribution in [3.05, 3.63) is 60.2 Å². The summed E-state index contributed by atoms with van der Waals surface area (Å²) in [5.74, 6) is 0. The topological polar surface area (TPSA) is 21.8 Å². The molecule has 3 heteroatoms. The molecule has 1 atom stereocenters. The Balaban J connectivity index is 0.000000283. The minimum Gasteiger partial charge on any atom is -0.379 e. The Morgan fingerprint density at radius 2 is 1.80 bits per heavy atom. The van der Waals surface area contributed by atoms with Gasteiger partial charge in [0.2, 0.25) is 0 Å². The van der Waals surface area contributed by atoms with Crippen LogP contribution in [0.3, 0.4) is 0 Å². The van der Waals surface area contributed by atoms with Gasteiger partial charge in [-0.1, -0.05) is 12.8 Å². The fourth-order valence-electron chi connectivity index (χ4n) is 1.81. The molecule has 0 amide bonds. The standard InChI is InChI=1S/C12H17O2.C5H5.Fe/c1-2-6-11(5-1)7-3-4-8-13-9-12-10-14-12;1-2-4-5-3-1;/h1-2,5-6,12H,3-4,7-10H2;1-5H;/q2*-1;+2. The predicted octanol–water partition coefficient (Wildman–Crippen LogP) is 3.55. The second-order valence-corrected chi connectivity index (χ2v) is 4.74.